The fourth-order valence-electron chi connectivity index (χ4n) is 4.10. The van der Waals surface area contributed by atoms with Crippen LogP contribution < -0.4 is 5.73 Å². The van der Waals surface area contributed by atoms with E-state index in [-0.39, 0.29) is 0 Å². The summed E-state index contributed by atoms with van der Waals surface area (Å²) in [6.45, 7) is 5.84. The molecular formula is C15H29N. The minimum absolute atomic E-state index is 0.577. The van der Waals surface area contributed by atoms with Crippen molar-refractivity contribution < 1.29 is 0 Å². The number of hydrogen-bond donors (Lipinski definition) is 1. The van der Waals surface area contributed by atoms with E-state index in [1.54, 1.807) is 0 Å². The molecule has 0 saturated heterocycles. The first-order valence-corrected chi connectivity index (χ1v) is 7.32. The van der Waals surface area contributed by atoms with Crippen LogP contribution in [0.2, 0.25) is 0 Å². The molecule has 94 valence electrons. The normalized spacial score (nSPS) is 36.2. The number of nitrogens with two attached hydrogens (primary N) is 1. The van der Waals surface area contributed by atoms with E-state index in [1.807, 2.05) is 0 Å². The summed E-state index contributed by atoms with van der Waals surface area (Å²) in [5, 5.41) is 0. The molecule has 0 spiro atoms. The Bertz CT molecular complexity index is 215. The van der Waals surface area contributed by atoms with Crippen LogP contribution in [0.15, 0.2) is 0 Å². The lowest BCUT2D eigenvalue weighted by Gasteiger charge is -2.45. The van der Waals surface area contributed by atoms with Crippen molar-refractivity contribution in [3.05, 3.63) is 0 Å². The molecule has 2 fully saturated rings. The first-order chi connectivity index (χ1) is 7.62. The molecule has 0 aromatic carbocycles. The molecule has 0 heterocycles. The van der Waals surface area contributed by atoms with Gasteiger partial charge in [-0.05, 0) is 49.0 Å². The van der Waals surface area contributed by atoms with Crippen LogP contribution in [0.25, 0.3) is 0 Å². The third-order valence-corrected chi connectivity index (χ3v) is 5.14. The van der Waals surface area contributed by atoms with E-state index in [1.165, 1.54) is 51.4 Å². The van der Waals surface area contributed by atoms with Crippen molar-refractivity contribution in [1.82, 2.24) is 0 Å². The molecule has 1 heteroatoms. The van der Waals surface area contributed by atoms with Crippen LogP contribution in [0.4, 0.5) is 0 Å². The molecule has 2 unspecified atom stereocenters. The summed E-state index contributed by atoms with van der Waals surface area (Å²) in [6.07, 6.45) is 11.6. The van der Waals surface area contributed by atoms with Crippen molar-refractivity contribution in [1.29, 1.82) is 0 Å². The lowest BCUT2D eigenvalue weighted by Crippen LogP contribution is -2.38. The fraction of sp³-hybridized carbons (Fsp3) is 1.00. The Morgan fingerprint density at radius 1 is 1.06 bits per heavy atom. The maximum Gasteiger partial charge on any atom is -0.00461 e. The molecule has 0 aromatic rings. The Morgan fingerprint density at radius 2 is 1.75 bits per heavy atom. The Balaban J connectivity index is 2.01. The average molecular weight is 223 g/mol. The van der Waals surface area contributed by atoms with E-state index in [9.17, 15) is 0 Å². The predicted molar refractivity (Wildman–Crippen MR) is 70.2 cm³/mol. The van der Waals surface area contributed by atoms with Crippen LogP contribution in [0.5, 0.6) is 0 Å². The molecule has 0 aromatic heterocycles. The average Bonchev–Trinajstić information content (AvgIpc) is 2.29. The molecule has 0 bridgehead atoms. The third kappa shape index (κ3) is 2.80. The van der Waals surface area contributed by atoms with Gasteiger partial charge in [-0.15, -0.1) is 0 Å². The molecule has 2 saturated carbocycles. The molecular weight excluding hydrogens is 194 g/mol. The van der Waals surface area contributed by atoms with E-state index in [2.05, 4.69) is 13.8 Å². The number of hydrogen-bond acceptors (Lipinski definition) is 1. The molecule has 0 amide bonds. The van der Waals surface area contributed by atoms with Gasteiger partial charge in [0.1, 0.15) is 0 Å². The van der Waals surface area contributed by atoms with Gasteiger partial charge in [-0.25, -0.2) is 0 Å². The van der Waals surface area contributed by atoms with Crippen molar-refractivity contribution >= 4 is 0 Å². The molecule has 2 rings (SSSR count). The van der Waals surface area contributed by atoms with Gasteiger partial charge < -0.3 is 5.73 Å². The topological polar surface area (TPSA) is 26.0 Å². The Labute approximate surface area is 101 Å². The van der Waals surface area contributed by atoms with Gasteiger partial charge in [0.15, 0.2) is 0 Å². The third-order valence-electron chi connectivity index (χ3n) is 5.14. The summed E-state index contributed by atoms with van der Waals surface area (Å²) in [5.41, 5.74) is 6.57. The van der Waals surface area contributed by atoms with Crippen LogP contribution in [0, 0.1) is 23.2 Å². The van der Waals surface area contributed by atoms with Crippen molar-refractivity contribution in [2.24, 2.45) is 28.9 Å². The largest absolute Gasteiger partial charge is 0.330 e. The lowest BCUT2D eigenvalue weighted by molar-refractivity contribution is 0.0617. The smallest absolute Gasteiger partial charge is 0.00461 e. The highest BCUT2D eigenvalue weighted by molar-refractivity contribution is 4.89. The van der Waals surface area contributed by atoms with Crippen LogP contribution in [-0.2, 0) is 0 Å². The maximum absolute atomic E-state index is 5.99. The molecule has 2 aliphatic carbocycles. The lowest BCUT2D eigenvalue weighted by atomic mass is 9.61. The summed E-state index contributed by atoms with van der Waals surface area (Å²) in [7, 11) is 0. The van der Waals surface area contributed by atoms with Crippen molar-refractivity contribution in [2.75, 3.05) is 6.54 Å². The molecule has 16 heavy (non-hydrogen) atoms. The highest BCUT2D eigenvalue weighted by Gasteiger charge is 2.38. The molecule has 2 aliphatic rings. The molecule has 0 aliphatic heterocycles. The van der Waals surface area contributed by atoms with E-state index in [4.69, 9.17) is 5.73 Å². The first-order valence-electron chi connectivity index (χ1n) is 7.32. The highest BCUT2D eigenvalue weighted by Crippen LogP contribution is 2.47. The SMILES string of the molecule is CC1(C)CCC(CN)C(C2CCCCC2)C1. The molecule has 1 nitrogen and oxygen atoms in total. The number of rotatable bonds is 2. The Kier molecular flexibility index (Phi) is 3.94. The van der Waals surface area contributed by atoms with Gasteiger partial charge in [0.05, 0.1) is 0 Å². The summed E-state index contributed by atoms with van der Waals surface area (Å²) in [6, 6.07) is 0. The quantitative estimate of drug-likeness (QED) is 0.753. The second-order valence-corrected chi connectivity index (χ2v) is 6.96. The fourth-order valence-corrected chi connectivity index (χ4v) is 4.10. The van der Waals surface area contributed by atoms with Crippen molar-refractivity contribution in [2.45, 2.75) is 65.2 Å². The van der Waals surface area contributed by atoms with Gasteiger partial charge in [-0.1, -0.05) is 46.0 Å². The van der Waals surface area contributed by atoms with Crippen molar-refractivity contribution in [3.8, 4) is 0 Å². The molecule has 0 radical (unpaired) electrons. The summed E-state index contributed by atoms with van der Waals surface area (Å²) < 4.78 is 0. The monoisotopic (exact) mass is 223 g/mol. The maximum atomic E-state index is 5.99. The molecule has 2 N–H and O–H groups in total. The molecule has 2 atom stereocenters. The van der Waals surface area contributed by atoms with Gasteiger partial charge in [-0.2, -0.15) is 0 Å². The zero-order valence-corrected chi connectivity index (χ0v) is 11.2. The van der Waals surface area contributed by atoms with Crippen molar-refractivity contribution in [3.63, 3.8) is 0 Å². The summed E-state index contributed by atoms with van der Waals surface area (Å²) >= 11 is 0. The van der Waals surface area contributed by atoms with E-state index >= 15 is 0 Å². The Hall–Kier alpha value is -0.0400. The minimum Gasteiger partial charge on any atom is -0.330 e. The predicted octanol–water partition coefficient (Wildman–Crippen LogP) is 3.97. The summed E-state index contributed by atoms with van der Waals surface area (Å²) in [5.74, 6) is 2.77. The second-order valence-electron chi connectivity index (χ2n) is 6.96. The Morgan fingerprint density at radius 3 is 2.38 bits per heavy atom. The van der Waals surface area contributed by atoms with Gasteiger partial charge >= 0.3 is 0 Å². The minimum atomic E-state index is 0.577. The standard InChI is InChI=1S/C15H29N/c1-15(2)9-8-13(11-16)14(10-15)12-6-4-3-5-7-12/h12-14H,3-11,16H2,1-2H3. The second kappa shape index (κ2) is 5.08. The van der Waals surface area contributed by atoms with Gasteiger partial charge in [0, 0.05) is 0 Å². The van der Waals surface area contributed by atoms with Crippen LogP contribution >= 0.6 is 0 Å². The van der Waals surface area contributed by atoms with E-state index in [0.29, 0.717) is 5.41 Å². The van der Waals surface area contributed by atoms with E-state index in [0.717, 1.165) is 24.3 Å². The van der Waals surface area contributed by atoms with Gasteiger partial charge in [0.2, 0.25) is 0 Å². The summed E-state index contributed by atoms with van der Waals surface area (Å²) in [4.78, 5) is 0. The van der Waals surface area contributed by atoms with Gasteiger partial charge in [0.25, 0.3) is 0 Å². The van der Waals surface area contributed by atoms with Crippen LogP contribution in [0.1, 0.15) is 65.2 Å². The zero-order valence-electron chi connectivity index (χ0n) is 11.2. The highest BCUT2D eigenvalue weighted by atomic mass is 14.6. The zero-order chi connectivity index (χ0) is 11.6. The van der Waals surface area contributed by atoms with Crippen LogP contribution in [0.3, 0.4) is 0 Å². The first kappa shape index (κ1) is 12.4. The van der Waals surface area contributed by atoms with Gasteiger partial charge in [-0.3, -0.25) is 0 Å². The van der Waals surface area contributed by atoms with E-state index < -0.39 is 0 Å². The van der Waals surface area contributed by atoms with Crippen LogP contribution in [-0.4, -0.2) is 6.54 Å².